The molecule has 1 aliphatic heterocycles. The van der Waals surface area contributed by atoms with Gasteiger partial charge in [0.1, 0.15) is 5.57 Å². The van der Waals surface area contributed by atoms with Gasteiger partial charge in [0.2, 0.25) is 5.54 Å². The number of allylic oxidation sites excluding steroid dienone is 1. The fraction of sp³-hybridized carbons (Fsp3) is 0.312. The van der Waals surface area contributed by atoms with Gasteiger partial charge in [0.15, 0.2) is 15.0 Å². The summed E-state index contributed by atoms with van der Waals surface area (Å²) < 4.78 is 70.3. The second-order valence-corrected chi connectivity index (χ2v) is 9.29. The van der Waals surface area contributed by atoms with Crippen molar-refractivity contribution in [2.24, 2.45) is 0 Å². The lowest BCUT2D eigenvalue weighted by Gasteiger charge is -2.31. The van der Waals surface area contributed by atoms with Crippen LogP contribution in [0.1, 0.15) is 6.92 Å². The number of aromatic nitrogens is 1. The highest BCUT2D eigenvalue weighted by Crippen LogP contribution is 2.44. The number of alkyl halides is 3. The van der Waals surface area contributed by atoms with Gasteiger partial charge < -0.3 is 15.4 Å². The summed E-state index contributed by atoms with van der Waals surface area (Å²) in [7, 11) is -2.64. The van der Waals surface area contributed by atoms with E-state index < -0.39 is 39.0 Å². The van der Waals surface area contributed by atoms with Crippen LogP contribution in [0, 0.1) is 0 Å². The third-order valence-electron chi connectivity index (χ3n) is 4.29. The zero-order chi connectivity index (χ0) is 21.8. The molecule has 0 aliphatic carbocycles. The van der Waals surface area contributed by atoms with Crippen LogP contribution in [0.15, 0.2) is 34.4 Å². The van der Waals surface area contributed by atoms with Gasteiger partial charge in [-0.2, -0.15) is 13.2 Å². The maximum absolute atomic E-state index is 14.1. The molecule has 0 fully saturated rings. The molecule has 1 aromatic heterocycles. The Balaban J connectivity index is 2.16. The molecule has 8 nitrogen and oxygen atoms in total. The molecule has 0 radical (unpaired) electrons. The van der Waals surface area contributed by atoms with E-state index >= 15 is 0 Å². The third-order valence-corrected chi connectivity index (χ3v) is 6.33. The average molecular weight is 449 g/mol. The monoisotopic (exact) mass is 449 g/mol. The van der Waals surface area contributed by atoms with Crippen molar-refractivity contribution < 1.29 is 35.9 Å². The van der Waals surface area contributed by atoms with Crippen molar-refractivity contribution >= 4 is 48.4 Å². The quantitative estimate of drug-likeness (QED) is 0.686. The van der Waals surface area contributed by atoms with Gasteiger partial charge in [0.25, 0.3) is 5.91 Å². The van der Waals surface area contributed by atoms with Crippen LogP contribution in [0.3, 0.4) is 0 Å². The predicted octanol–water partition coefficient (Wildman–Crippen LogP) is 1.99. The van der Waals surface area contributed by atoms with Crippen LogP contribution in [0.4, 0.5) is 18.3 Å². The summed E-state index contributed by atoms with van der Waals surface area (Å²) in [6, 6.07) is 3.88. The van der Waals surface area contributed by atoms with Crippen molar-refractivity contribution in [2.45, 2.75) is 23.5 Å². The van der Waals surface area contributed by atoms with Crippen LogP contribution in [-0.4, -0.2) is 50.4 Å². The number of methoxy groups -OCH3 is 1. The summed E-state index contributed by atoms with van der Waals surface area (Å²) in [6.45, 7) is 1.15. The third kappa shape index (κ3) is 3.33. The normalized spacial score (nSPS) is 20.1. The zero-order valence-electron chi connectivity index (χ0n) is 15.2. The number of ether oxygens (including phenoxy) is 1. The van der Waals surface area contributed by atoms with Crippen LogP contribution < -0.4 is 10.6 Å². The molecular weight excluding hydrogens is 435 g/mol. The van der Waals surface area contributed by atoms with E-state index in [1.54, 1.807) is 0 Å². The molecule has 156 valence electrons. The van der Waals surface area contributed by atoms with E-state index in [1.807, 2.05) is 10.6 Å². The molecule has 2 N–H and O–H groups in total. The number of fused-ring (bicyclic) bond motifs is 1. The van der Waals surface area contributed by atoms with Crippen molar-refractivity contribution in [3.05, 3.63) is 29.5 Å². The first-order valence-corrected chi connectivity index (χ1v) is 10.6. The van der Waals surface area contributed by atoms with E-state index in [9.17, 15) is 31.2 Å². The number of nitrogens with one attached hydrogen (secondary N) is 2. The van der Waals surface area contributed by atoms with E-state index in [-0.39, 0.29) is 25.9 Å². The molecule has 1 aliphatic rings. The minimum Gasteiger partial charge on any atom is -0.466 e. The second-order valence-electron chi connectivity index (χ2n) is 6.24. The molecule has 1 amide bonds. The van der Waals surface area contributed by atoms with Crippen molar-refractivity contribution in [2.75, 3.05) is 18.7 Å². The largest absolute Gasteiger partial charge is 0.466 e. The number of halogens is 3. The van der Waals surface area contributed by atoms with Crippen LogP contribution >= 0.6 is 11.3 Å². The smallest absolute Gasteiger partial charge is 0.425 e. The summed E-state index contributed by atoms with van der Waals surface area (Å²) >= 11 is 0.712. The number of nitrogens with zero attached hydrogens (tertiary/aromatic N) is 1. The minimum atomic E-state index is -5.21. The number of hydrogen-bond donors (Lipinski definition) is 2. The first kappa shape index (κ1) is 21.0. The number of thiazole rings is 1. The van der Waals surface area contributed by atoms with Crippen LogP contribution in [-0.2, 0) is 24.2 Å². The number of sulfone groups is 1. The van der Waals surface area contributed by atoms with Crippen molar-refractivity contribution in [1.82, 2.24) is 10.3 Å². The molecule has 29 heavy (non-hydrogen) atoms. The van der Waals surface area contributed by atoms with Gasteiger partial charge in [0.05, 0.1) is 22.2 Å². The summed E-state index contributed by atoms with van der Waals surface area (Å²) in [4.78, 5) is 28.4. The Morgan fingerprint density at radius 2 is 2.00 bits per heavy atom. The molecule has 2 aromatic rings. The molecule has 0 unspecified atom stereocenters. The molecule has 0 bridgehead atoms. The summed E-state index contributed by atoms with van der Waals surface area (Å²) in [5.74, 6) is -2.83. The summed E-state index contributed by atoms with van der Waals surface area (Å²) in [5.41, 5.74) is -4.40. The van der Waals surface area contributed by atoms with Crippen molar-refractivity contribution in [1.29, 1.82) is 0 Å². The number of carbonyl (C=O) groups excluding carboxylic acids is 2. The number of anilines is 1. The molecule has 1 aromatic carbocycles. The van der Waals surface area contributed by atoms with Gasteiger partial charge in [-0.25, -0.2) is 18.2 Å². The van der Waals surface area contributed by atoms with Crippen molar-refractivity contribution in [3.8, 4) is 0 Å². The van der Waals surface area contributed by atoms with Gasteiger partial charge in [-0.1, -0.05) is 11.3 Å². The topological polar surface area (TPSA) is 114 Å². The van der Waals surface area contributed by atoms with Gasteiger partial charge in [-0.05, 0) is 25.1 Å². The molecule has 0 spiro atoms. The molecular formula is C16H14F3N3O5S2. The van der Waals surface area contributed by atoms with Gasteiger partial charge in [-0.15, -0.1) is 0 Å². The van der Waals surface area contributed by atoms with Crippen molar-refractivity contribution in [3.63, 3.8) is 0 Å². The zero-order valence-corrected chi connectivity index (χ0v) is 16.8. The Labute approximate surface area is 166 Å². The van der Waals surface area contributed by atoms with Gasteiger partial charge in [0, 0.05) is 12.0 Å². The number of benzene rings is 1. The van der Waals surface area contributed by atoms with E-state index in [0.717, 1.165) is 20.3 Å². The Bertz CT molecular complexity index is 1170. The number of esters is 1. The standard InChI is InChI=1S/C16H14F3N3O5S2/c1-7-11(12(23)27-2)15(13(24)20-7,16(17,18)19)22-14-21-9-5-4-8(29(3,25)26)6-10(9)28-14/h4-6H,1-3H3,(H,20,24)(H,21,22)/t15-/m0/s1. The number of amides is 1. The molecule has 0 saturated heterocycles. The SMILES string of the molecule is COC(=O)C1=C(C)NC(=O)[C@]1(Nc1nc2ccc(S(C)(=O)=O)cc2s1)C(F)(F)F. The molecule has 2 heterocycles. The maximum Gasteiger partial charge on any atom is 0.425 e. The Morgan fingerprint density at radius 3 is 2.55 bits per heavy atom. The van der Waals surface area contributed by atoms with E-state index in [0.29, 0.717) is 11.3 Å². The average Bonchev–Trinajstić information content (AvgIpc) is 3.10. The lowest BCUT2D eigenvalue weighted by Crippen LogP contribution is -2.60. The van der Waals surface area contributed by atoms with Gasteiger partial charge >= 0.3 is 12.1 Å². The second kappa shape index (κ2) is 6.69. The van der Waals surface area contributed by atoms with E-state index in [1.165, 1.54) is 18.2 Å². The van der Waals surface area contributed by atoms with Gasteiger partial charge in [-0.3, -0.25) is 4.79 Å². The lowest BCUT2D eigenvalue weighted by atomic mass is 9.89. The minimum absolute atomic E-state index is 0.0321. The number of hydrogen-bond acceptors (Lipinski definition) is 8. The molecule has 13 heteroatoms. The number of carbonyl (C=O) groups is 2. The lowest BCUT2D eigenvalue weighted by molar-refractivity contribution is -0.178. The van der Waals surface area contributed by atoms with Crippen LogP contribution in [0.2, 0.25) is 0 Å². The van der Waals surface area contributed by atoms with E-state index in [4.69, 9.17) is 0 Å². The molecule has 3 rings (SSSR count). The number of rotatable bonds is 4. The highest BCUT2D eigenvalue weighted by molar-refractivity contribution is 7.90. The summed E-state index contributed by atoms with van der Waals surface area (Å²) in [6.07, 6.45) is -4.22. The Hall–Kier alpha value is -2.67. The maximum atomic E-state index is 14.1. The molecule has 0 saturated carbocycles. The Morgan fingerprint density at radius 1 is 1.34 bits per heavy atom. The molecule has 1 atom stereocenters. The highest BCUT2D eigenvalue weighted by Gasteiger charge is 2.68. The van der Waals surface area contributed by atoms with E-state index in [2.05, 4.69) is 9.72 Å². The van der Waals surface area contributed by atoms with Crippen LogP contribution in [0.5, 0.6) is 0 Å². The Kier molecular flexibility index (Phi) is 4.86. The highest BCUT2D eigenvalue weighted by atomic mass is 32.2. The fourth-order valence-electron chi connectivity index (χ4n) is 2.94. The summed E-state index contributed by atoms with van der Waals surface area (Å²) in [5, 5.41) is 3.74. The van der Waals surface area contributed by atoms with Crippen LogP contribution in [0.25, 0.3) is 10.2 Å². The fourth-order valence-corrected chi connectivity index (χ4v) is 4.62. The first-order valence-electron chi connectivity index (χ1n) is 7.88. The first-order chi connectivity index (χ1) is 13.3. The predicted molar refractivity (Wildman–Crippen MR) is 98.0 cm³/mol.